The average Bonchev–Trinajstić information content (AvgIpc) is 2.44. The Morgan fingerprint density at radius 1 is 1.35 bits per heavy atom. The van der Waals surface area contributed by atoms with E-state index in [2.05, 4.69) is 18.8 Å². The number of nitrogens with zero attached hydrogens (tertiary/aromatic N) is 1. The van der Waals surface area contributed by atoms with Crippen molar-refractivity contribution >= 4 is 16.7 Å². The number of carboxylic acids is 1. The Hall–Kier alpha value is -2.10. The highest BCUT2D eigenvalue weighted by molar-refractivity contribution is 6.04. The third-order valence-corrected chi connectivity index (χ3v) is 3.27. The number of aromatic nitrogens is 1. The van der Waals surface area contributed by atoms with Crippen LogP contribution in [0.2, 0.25) is 0 Å². The van der Waals surface area contributed by atoms with E-state index in [1.165, 1.54) is 6.20 Å². The quantitative estimate of drug-likeness (QED) is 0.870. The van der Waals surface area contributed by atoms with Gasteiger partial charge >= 0.3 is 5.97 Å². The molecule has 1 heterocycles. The molecular weight excluding hydrogens is 254 g/mol. The van der Waals surface area contributed by atoms with E-state index in [0.717, 1.165) is 18.2 Å². The number of pyridine rings is 1. The monoisotopic (exact) mass is 273 g/mol. The predicted molar refractivity (Wildman–Crippen MR) is 78.3 cm³/mol. The van der Waals surface area contributed by atoms with Crippen molar-refractivity contribution < 1.29 is 14.6 Å². The highest BCUT2D eigenvalue weighted by Crippen LogP contribution is 2.26. The number of aromatic carboxylic acids is 1. The van der Waals surface area contributed by atoms with Crippen LogP contribution < -0.4 is 4.74 Å². The fourth-order valence-electron chi connectivity index (χ4n) is 2.25. The molecule has 0 aliphatic carbocycles. The van der Waals surface area contributed by atoms with Crippen LogP contribution in [0.5, 0.6) is 5.88 Å². The zero-order valence-corrected chi connectivity index (χ0v) is 11.8. The molecule has 0 amide bonds. The Morgan fingerprint density at radius 2 is 2.05 bits per heavy atom. The molecule has 1 aromatic carbocycles. The molecule has 1 atom stereocenters. The summed E-state index contributed by atoms with van der Waals surface area (Å²) in [5.74, 6) is -0.00660. The van der Waals surface area contributed by atoms with Crippen molar-refractivity contribution in [3.8, 4) is 5.88 Å². The van der Waals surface area contributed by atoms with Gasteiger partial charge < -0.3 is 9.84 Å². The minimum atomic E-state index is -0.973. The van der Waals surface area contributed by atoms with E-state index in [4.69, 9.17) is 4.74 Å². The Morgan fingerprint density at radius 3 is 2.70 bits per heavy atom. The third-order valence-electron chi connectivity index (χ3n) is 3.27. The van der Waals surface area contributed by atoms with Gasteiger partial charge in [-0.25, -0.2) is 9.78 Å². The summed E-state index contributed by atoms with van der Waals surface area (Å²) in [6.45, 7) is 4.88. The van der Waals surface area contributed by atoms with Gasteiger partial charge in [-0.3, -0.25) is 0 Å². The van der Waals surface area contributed by atoms with Gasteiger partial charge in [-0.15, -0.1) is 0 Å². The maximum atomic E-state index is 11.2. The van der Waals surface area contributed by atoms with Crippen LogP contribution in [0, 0.1) is 5.92 Å². The molecule has 2 rings (SSSR count). The third kappa shape index (κ3) is 3.07. The van der Waals surface area contributed by atoms with Crippen LogP contribution in [0.1, 0.15) is 37.0 Å². The molecule has 1 N–H and O–H groups in total. The summed E-state index contributed by atoms with van der Waals surface area (Å²) in [6, 6.07) is 7.30. The largest absolute Gasteiger partial charge is 0.478 e. The van der Waals surface area contributed by atoms with E-state index >= 15 is 0 Å². The summed E-state index contributed by atoms with van der Waals surface area (Å²) in [6.07, 6.45) is 3.59. The molecule has 20 heavy (non-hydrogen) atoms. The summed E-state index contributed by atoms with van der Waals surface area (Å²) < 4.78 is 5.76. The zero-order chi connectivity index (χ0) is 14.5. The molecule has 2 aromatic rings. The Bertz CT molecular complexity index is 610. The van der Waals surface area contributed by atoms with Crippen molar-refractivity contribution in [2.24, 2.45) is 5.92 Å². The standard InChI is InChI=1S/C16H19NO3/c1-3-6-11(2)10-20-15-13-8-5-4-7-12(13)14(9-17-15)16(18)19/h4-5,7-9,11H,3,6,10H2,1-2H3,(H,18,19). The molecule has 1 unspecified atom stereocenters. The molecule has 0 radical (unpaired) electrons. The van der Waals surface area contributed by atoms with Crippen LogP contribution in [0.4, 0.5) is 0 Å². The second-order valence-electron chi connectivity index (χ2n) is 5.03. The number of ether oxygens (including phenoxy) is 1. The fourth-order valence-corrected chi connectivity index (χ4v) is 2.25. The van der Waals surface area contributed by atoms with Gasteiger partial charge in [0.1, 0.15) is 0 Å². The number of carbonyl (C=O) groups is 1. The van der Waals surface area contributed by atoms with Gasteiger partial charge in [0.25, 0.3) is 0 Å². The summed E-state index contributed by atoms with van der Waals surface area (Å²) in [7, 11) is 0. The molecule has 0 bridgehead atoms. The molecule has 4 nitrogen and oxygen atoms in total. The normalized spacial score (nSPS) is 12.3. The van der Waals surface area contributed by atoms with Crippen LogP contribution in [-0.4, -0.2) is 22.7 Å². The number of carboxylic acid groups (broad SMARTS) is 1. The number of benzene rings is 1. The zero-order valence-electron chi connectivity index (χ0n) is 11.8. The van der Waals surface area contributed by atoms with Crippen LogP contribution in [0.25, 0.3) is 10.8 Å². The average molecular weight is 273 g/mol. The van der Waals surface area contributed by atoms with Crippen molar-refractivity contribution in [1.29, 1.82) is 0 Å². The van der Waals surface area contributed by atoms with E-state index in [9.17, 15) is 9.90 Å². The number of hydrogen-bond donors (Lipinski definition) is 1. The van der Waals surface area contributed by atoms with E-state index in [-0.39, 0.29) is 5.56 Å². The Labute approximate surface area is 118 Å². The van der Waals surface area contributed by atoms with Crippen molar-refractivity contribution in [3.63, 3.8) is 0 Å². The van der Waals surface area contributed by atoms with Crippen LogP contribution in [-0.2, 0) is 0 Å². The van der Waals surface area contributed by atoms with Crippen LogP contribution >= 0.6 is 0 Å². The van der Waals surface area contributed by atoms with E-state index in [0.29, 0.717) is 23.8 Å². The smallest absolute Gasteiger partial charge is 0.337 e. The van der Waals surface area contributed by atoms with Gasteiger partial charge in [-0.1, -0.05) is 38.5 Å². The van der Waals surface area contributed by atoms with Crippen molar-refractivity contribution in [2.45, 2.75) is 26.7 Å². The first-order chi connectivity index (χ1) is 9.63. The molecule has 1 aromatic heterocycles. The molecule has 0 saturated carbocycles. The van der Waals surface area contributed by atoms with E-state index in [1.54, 1.807) is 6.07 Å². The van der Waals surface area contributed by atoms with Gasteiger partial charge in [-0.2, -0.15) is 0 Å². The molecule has 0 saturated heterocycles. The summed E-state index contributed by atoms with van der Waals surface area (Å²) in [5, 5.41) is 10.6. The van der Waals surface area contributed by atoms with Crippen molar-refractivity contribution in [1.82, 2.24) is 4.98 Å². The second kappa shape index (κ2) is 6.37. The first-order valence-corrected chi connectivity index (χ1v) is 6.87. The summed E-state index contributed by atoms with van der Waals surface area (Å²) in [4.78, 5) is 15.4. The molecule has 106 valence electrons. The maximum Gasteiger partial charge on any atom is 0.337 e. The summed E-state index contributed by atoms with van der Waals surface area (Å²) in [5.41, 5.74) is 0.203. The lowest BCUT2D eigenvalue weighted by Crippen LogP contribution is -2.10. The lowest BCUT2D eigenvalue weighted by Gasteiger charge is -2.13. The molecular formula is C16H19NO3. The molecule has 0 fully saturated rings. The number of rotatable bonds is 6. The molecule has 0 spiro atoms. The molecule has 0 aliphatic rings. The summed E-state index contributed by atoms with van der Waals surface area (Å²) >= 11 is 0. The minimum Gasteiger partial charge on any atom is -0.478 e. The molecule has 0 aliphatic heterocycles. The lowest BCUT2D eigenvalue weighted by atomic mass is 10.1. The SMILES string of the molecule is CCCC(C)COc1ncc(C(=O)O)c2ccccc12. The topological polar surface area (TPSA) is 59.4 Å². The lowest BCUT2D eigenvalue weighted by molar-refractivity contribution is 0.0698. The predicted octanol–water partition coefficient (Wildman–Crippen LogP) is 3.75. The minimum absolute atomic E-state index is 0.203. The maximum absolute atomic E-state index is 11.2. The van der Waals surface area contributed by atoms with E-state index in [1.807, 2.05) is 18.2 Å². The van der Waals surface area contributed by atoms with Crippen molar-refractivity contribution in [3.05, 3.63) is 36.0 Å². The van der Waals surface area contributed by atoms with E-state index < -0.39 is 5.97 Å². The first kappa shape index (κ1) is 14.3. The molecule has 4 heteroatoms. The fraction of sp³-hybridized carbons (Fsp3) is 0.375. The van der Waals surface area contributed by atoms with Gasteiger partial charge in [0.2, 0.25) is 5.88 Å². The van der Waals surface area contributed by atoms with Gasteiger partial charge in [0.15, 0.2) is 0 Å². The first-order valence-electron chi connectivity index (χ1n) is 6.87. The Kier molecular flexibility index (Phi) is 4.56. The number of hydrogen-bond acceptors (Lipinski definition) is 3. The van der Waals surface area contributed by atoms with Gasteiger partial charge in [-0.05, 0) is 18.4 Å². The van der Waals surface area contributed by atoms with Gasteiger partial charge in [0.05, 0.1) is 12.2 Å². The number of fused-ring (bicyclic) bond motifs is 1. The van der Waals surface area contributed by atoms with Crippen LogP contribution in [0.3, 0.4) is 0 Å². The Balaban J connectivity index is 2.31. The van der Waals surface area contributed by atoms with Crippen LogP contribution in [0.15, 0.2) is 30.5 Å². The van der Waals surface area contributed by atoms with Crippen molar-refractivity contribution in [2.75, 3.05) is 6.61 Å². The second-order valence-corrected chi connectivity index (χ2v) is 5.03. The van der Waals surface area contributed by atoms with Gasteiger partial charge in [0, 0.05) is 17.0 Å². The highest BCUT2D eigenvalue weighted by atomic mass is 16.5. The highest BCUT2D eigenvalue weighted by Gasteiger charge is 2.13.